The molecule has 0 aliphatic carbocycles. The molecule has 1 amide bonds. The van der Waals surface area contributed by atoms with Crippen molar-refractivity contribution in [2.75, 3.05) is 0 Å². The van der Waals surface area contributed by atoms with Gasteiger partial charge in [0.05, 0.1) is 35.2 Å². The van der Waals surface area contributed by atoms with Crippen LogP contribution < -0.4 is 11.1 Å². The molecule has 0 aliphatic rings. The van der Waals surface area contributed by atoms with E-state index in [9.17, 15) is 24.9 Å². The van der Waals surface area contributed by atoms with Crippen LogP contribution >= 0.6 is 0 Å². The lowest BCUT2D eigenvalue weighted by atomic mass is 10.00. The number of nitrogens with one attached hydrogen (secondary N) is 1. The minimum absolute atomic E-state index is 0.116. The van der Waals surface area contributed by atoms with Crippen LogP contribution in [-0.4, -0.2) is 37.2 Å². The second kappa shape index (κ2) is 19.9. The first-order chi connectivity index (χ1) is 31.8. The van der Waals surface area contributed by atoms with Crippen LogP contribution in [0.4, 0.5) is 0 Å². The summed E-state index contributed by atoms with van der Waals surface area (Å²) in [6.45, 7) is 0. The fourth-order valence-electron chi connectivity index (χ4n) is 7.36. The Bertz CT molecular complexity index is 3150. The van der Waals surface area contributed by atoms with Gasteiger partial charge in [0.15, 0.2) is 11.5 Å². The number of nitrogens with zero attached hydrogens (tertiary/aromatic N) is 2. The zero-order chi connectivity index (χ0) is 45.1. The van der Waals surface area contributed by atoms with Crippen molar-refractivity contribution in [1.82, 2.24) is 15.3 Å². The Morgan fingerprint density at radius 3 is 1.38 bits per heavy atom. The van der Waals surface area contributed by atoms with E-state index in [-0.39, 0.29) is 34.4 Å². The molecular weight excluding hydrogens is 817 g/mol. The summed E-state index contributed by atoms with van der Waals surface area (Å²) >= 11 is 0. The van der Waals surface area contributed by atoms with Crippen molar-refractivity contribution in [1.29, 1.82) is 0 Å². The molecule has 2 unspecified atom stereocenters. The molecule has 65 heavy (non-hydrogen) atoms. The van der Waals surface area contributed by atoms with Gasteiger partial charge in [-0.3, -0.25) is 4.79 Å². The molecule has 0 aliphatic heterocycles. The average Bonchev–Trinajstić information content (AvgIpc) is 4.11. The van der Waals surface area contributed by atoms with Gasteiger partial charge in [-0.05, 0) is 47.5 Å². The number of rotatable bonds is 9. The number of carbonyl (C=O) groups is 2. The van der Waals surface area contributed by atoms with E-state index in [1.807, 2.05) is 146 Å². The number of aromatic hydroxyl groups is 2. The van der Waals surface area contributed by atoms with Gasteiger partial charge in [-0.1, -0.05) is 158 Å². The van der Waals surface area contributed by atoms with Crippen LogP contribution in [0.15, 0.2) is 215 Å². The number of aromatic carboxylic acids is 1. The van der Waals surface area contributed by atoms with Crippen molar-refractivity contribution in [3.8, 4) is 34.0 Å². The first-order valence-electron chi connectivity index (χ1n) is 20.6. The van der Waals surface area contributed by atoms with Crippen molar-refractivity contribution in [3.63, 3.8) is 0 Å². The van der Waals surface area contributed by atoms with Crippen LogP contribution in [0.3, 0.4) is 0 Å². The molecule has 6 aromatic carbocycles. The van der Waals surface area contributed by atoms with Crippen LogP contribution in [0, 0.1) is 0 Å². The van der Waals surface area contributed by atoms with Gasteiger partial charge in [-0.15, -0.1) is 0 Å². The molecule has 0 saturated heterocycles. The van der Waals surface area contributed by atoms with Crippen molar-refractivity contribution < 1.29 is 33.7 Å². The number of furan rings is 2. The summed E-state index contributed by atoms with van der Waals surface area (Å²) in [5.74, 6) is -0.639. The van der Waals surface area contributed by atoms with E-state index in [0.717, 1.165) is 22.5 Å². The number of carboxylic acid groups (broad SMARTS) is 1. The lowest BCUT2D eigenvalue weighted by Gasteiger charge is -2.19. The van der Waals surface area contributed by atoms with Gasteiger partial charge in [0.2, 0.25) is 0 Å². The van der Waals surface area contributed by atoms with Crippen LogP contribution in [0.2, 0.25) is 0 Å². The lowest BCUT2D eigenvalue weighted by molar-refractivity contribution is 0.0695. The smallest absolute Gasteiger partial charge is 0.340 e. The Balaban J connectivity index is 0.000000148. The van der Waals surface area contributed by atoms with Gasteiger partial charge in [0.25, 0.3) is 5.91 Å². The molecule has 2 atom stereocenters. The number of para-hydroxylation sites is 2. The number of fused-ring (bicyclic) bond motifs is 2. The molecule has 0 fully saturated rings. The van der Waals surface area contributed by atoms with E-state index in [4.69, 9.17) is 14.6 Å². The Kier molecular flexibility index (Phi) is 13.1. The predicted molar refractivity (Wildman–Crippen MR) is 250 cm³/mol. The van der Waals surface area contributed by atoms with Crippen LogP contribution in [0.1, 0.15) is 55.4 Å². The summed E-state index contributed by atoms with van der Waals surface area (Å²) in [4.78, 5) is 34.0. The van der Waals surface area contributed by atoms with E-state index >= 15 is 0 Å². The molecule has 0 bridgehead atoms. The third-order valence-electron chi connectivity index (χ3n) is 10.5. The summed E-state index contributed by atoms with van der Waals surface area (Å²) in [6, 6.07) is 58.7. The zero-order valence-electron chi connectivity index (χ0n) is 34.7. The molecule has 320 valence electrons. The summed E-state index contributed by atoms with van der Waals surface area (Å²) < 4.78 is 10.8. The molecule has 0 radical (unpaired) electrons. The van der Waals surface area contributed by atoms with Crippen LogP contribution in [0.5, 0.6) is 11.5 Å². The van der Waals surface area contributed by atoms with E-state index in [2.05, 4.69) is 15.3 Å². The Morgan fingerprint density at radius 1 is 0.492 bits per heavy atom. The zero-order valence-corrected chi connectivity index (χ0v) is 34.7. The molecule has 0 saturated carbocycles. The minimum Gasteiger partial charge on any atom is -0.505 e. The fraction of sp³-hybridized carbons (Fsp3) is 0.0370. The highest BCUT2D eigenvalue weighted by molar-refractivity contribution is 6.10. The molecule has 10 rings (SSSR count). The maximum Gasteiger partial charge on any atom is 0.340 e. The van der Waals surface area contributed by atoms with Gasteiger partial charge < -0.3 is 35.2 Å². The Hall–Kier alpha value is -8.80. The largest absolute Gasteiger partial charge is 0.505 e. The molecule has 10 aromatic rings. The van der Waals surface area contributed by atoms with Crippen LogP contribution in [0.25, 0.3) is 44.3 Å². The number of benzene rings is 6. The standard InChI is InChI=1S/C27H20N2O3.C16H11NO3.C11H11NO/c30-26-23(20-14-7-8-15-21(20)28-25(26)19-12-5-2-6-13-19)27(31)29-24(22-16-9-17-32-22)18-10-3-1-4-11-18;18-15-13(16(19)20)11-8-4-5-9-12(11)17-14(15)10-6-2-1-3-7-10;12-11(10-7-4-8-13-10)9-5-2-1-3-6-9/h1-17,24,30H,(H,29,31);1-9,18H,(H,19,20);1-8,11H,12H2. The summed E-state index contributed by atoms with van der Waals surface area (Å²) in [5, 5.41) is 34.8. The number of nitrogens with two attached hydrogens (primary N) is 1. The van der Waals surface area contributed by atoms with Gasteiger partial charge in [-0.2, -0.15) is 0 Å². The third-order valence-corrected chi connectivity index (χ3v) is 10.5. The van der Waals surface area contributed by atoms with E-state index in [0.29, 0.717) is 38.8 Å². The predicted octanol–water partition coefficient (Wildman–Crippen LogP) is 11.4. The fourth-order valence-corrected chi connectivity index (χ4v) is 7.36. The third kappa shape index (κ3) is 9.66. The maximum atomic E-state index is 13.6. The normalized spacial score (nSPS) is 11.6. The van der Waals surface area contributed by atoms with Gasteiger partial charge in [0, 0.05) is 21.9 Å². The molecular formula is C54H42N4O7. The van der Waals surface area contributed by atoms with Gasteiger partial charge >= 0.3 is 5.97 Å². The van der Waals surface area contributed by atoms with E-state index in [1.54, 1.807) is 61.1 Å². The van der Waals surface area contributed by atoms with Crippen molar-refractivity contribution in [3.05, 3.63) is 240 Å². The quantitative estimate of drug-likeness (QED) is 0.0935. The molecule has 4 aromatic heterocycles. The molecule has 0 spiro atoms. The Morgan fingerprint density at radius 2 is 0.908 bits per heavy atom. The first-order valence-corrected chi connectivity index (χ1v) is 20.6. The van der Waals surface area contributed by atoms with E-state index < -0.39 is 17.9 Å². The van der Waals surface area contributed by atoms with Gasteiger partial charge in [-0.25, -0.2) is 14.8 Å². The minimum atomic E-state index is -1.17. The maximum absolute atomic E-state index is 13.6. The Labute approximate surface area is 373 Å². The highest BCUT2D eigenvalue weighted by atomic mass is 16.4. The average molecular weight is 859 g/mol. The number of carbonyl (C=O) groups excluding carboxylic acids is 1. The lowest BCUT2D eigenvalue weighted by Crippen LogP contribution is -2.29. The number of amides is 1. The van der Waals surface area contributed by atoms with Gasteiger partial charge in [0.1, 0.15) is 34.5 Å². The van der Waals surface area contributed by atoms with Crippen LogP contribution in [-0.2, 0) is 0 Å². The second-order valence-electron chi connectivity index (χ2n) is 14.7. The highest BCUT2D eigenvalue weighted by Gasteiger charge is 2.26. The topological polar surface area (TPSA) is 185 Å². The second-order valence-corrected chi connectivity index (χ2v) is 14.7. The molecule has 11 nitrogen and oxygen atoms in total. The number of hydrogen-bond acceptors (Lipinski definition) is 9. The summed E-state index contributed by atoms with van der Waals surface area (Å²) in [7, 11) is 0. The van der Waals surface area contributed by atoms with Crippen molar-refractivity contribution >= 4 is 33.7 Å². The molecule has 6 N–H and O–H groups in total. The molecule has 4 heterocycles. The van der Waals surface area contributed by atoms with Crippen molar-refractivity contribution in [2.45, 2.75) is 12.1 Å². The van der Waals surface area contributed by atoms with Crippen molar-refractivity contribution in [2.24, 2.45) is 5.73 Å². The monoisotopic (exact) mass is 858 g/mol. The highest BCUT2D eigenvalue weighted by Crippen LogP contribution is 2.37. The number of carboxylic acids is 1. The SMILES string of the molecule is NC(c1ccccc1)c1ccco1.O=C(NC(c1ccccc1)c1ccco1)c1c(O)c(-c2ccccc2)nc2ccccc12.O=C(O)c1c(O)c(-c2ccccc2)nc2ccccc12. The summed E-state index contributed by atoms with van der Waals surface area (Å²) in [5.41, 5.74) is 11.2. The van der Waals surface area contributed by atoms with E-state index in [1.165, 1.54) is 0 Å². The molecule has 11 heteroatoms. The number of hydrogen-bond donors (Lipinski definition) is 5. The number of aromatic nitrogens is 2. The summed E-state index contributed by atoms with van der Waals surface area (Å²) in [6.07, 6.45) is 3.21. The first kappa shape index (κ1) is 42.9. The number of pyridine rings is 2.